The summed E-state index contributed by atoms with van der Waals surface area (Å²) in [5.74, 6) is -2.34. The van der Waals surface area contributed by atoms with E-state index in [-0.39, 0.29) is 5.39 Å². The maximum absolute atomic E-state index is 13.7. The number of rotatable bonds is 2. The molecule has 1 aliphatic rings. The number of hydrogen-bond acceptors (Lipinski definition) is 0. The quantitative estimate of drug-likeness (QED) is 0.601. The van der Waals surface area contributed by atoms with E-state index in [1.54, 1.807) is 6.07 Å². The Labute approximate surface area is 123 Å². The van der Waals surface area contributed by atoms with Crippen LogP contribution >= 0.6 is 0 Å². The van der Waals surface area contributed by atoms with Crippen LogP contribution in [0.2, 0.25) is 0 Å². The Morgan fingerprint density at radius 3 is 2.33 bits per heavy atom. The van der Waals surface area contributed by atoms with Crippen LogP contribution in [0.1, 0.15) is 50.5 Å². The third kappa shape index (κ3) is 2.66. The molecule has 0 N–H and O–H groups in total. The highest BCUT2D eigenvalue weighted by atomic mass is 19.2. The van der Waals surface area contributed by atoms with Crippen LogP contribution in [-0.4, -0.2) is 0 Å². The van der Waals surface area contributed by atoms with Gasteiger partial charge in [-0.1, -0.05) is 31.5 Å². The first-order chi connectivity index (χ1) is 10.1. The molecule has 1 fully saturated rings. The van der Waals surface area contributed by atoms with E-state index in [9.17, 15) is 13.2 Å². The Hall–Kier alpha value is -1.51. The molecule has 0 atom stereocenters. The summed E-state index contributed by atoms with van der Waals surface area (Å²) in [6, 6.07) is 6.35. The third-order valence-electron chi connectivity index (χ3n) is 4.89. The van der Waals surface area contributed by atoms with Crippen molar-refractivity contribution in [3.63, 3.8) is 0 Å². The van der Waals surface area contributed by atoms with Crippen molar-refractivity contribution in [2.45, 2.75) is 44.9 Å². The molecule has 0 amide bonds. The van der Waals surface area contributed by atoms with Crippen LogP contribution < -0.4 is 0 Å². The molecule has 2 aromatic carbocycles. The average Bonchev–Trinajstić information content (AvgIpc) is 2.52. The molecular formula is C18H19F3. The van der Waals surface area contributed by atoms with Gasteiger partial charge < -0.3 is 0 Å². The highest BCUT2D eigenvalue weighted by Gasteiger charge is 2.22. The molecule has 0 aliphatic heterocycles. The lowest BCUT2D eigenvalue weighted by molar-refractivity contribution is 0.319. The van der Waals surface area contributed by atoms with Crippen LogP contribution in [0.5, 0.6) is 0 Å². The van der Waals surface area contributed by atoms with Gasteiger partial charge >= 0.3 is 0 Å². The molecule has 0 aromatic heterocycles. The first kappa shape index (κ1) is 14.4. The molecule has 3 rings (SSSR count). The lowest BCUT2D eigenvalue weighted by Gasteiger charge is -2.28. The van der Waals surface area contributed by atoms with Crippen molar-refractivity contribution in [3.8, 4) is 0 Å². The minimum Gasteiger partial charge on any atom is -0.204 e. The SMILES string of the molecule is CCC1CCC(c2ccc3c(F)c(F)c(F)cc3c2)CC1. The summed E-state index contributed by atoms with van der Waals surface area (Å²) in [6.07, 6.45) is 5.89. The van der Waals surface area contributed by atoms with E-state index in [2.05, 4.69) is 6.92 Å². The van der Waals surface area contributed by atoms with Gasteiger partial charge in [-0.15, -0.1) is 0 Å². The monoisotopic (exact) mass is 292 g/mol. The highest BCUT2D eigenvalue weighted by Crippen LogP contribution is 2.38. The Morgan fingerprint density at radius 1 is 0.952 bits per heavy atom. The molecule has 3 heteroatoms. The van der Waals surface area contributed by atoms with E-state index < -0.39 is 17.5 Å². The zero-order valence-corrected chi connectivity index (χ0v) is 12.1. The second-order valence-corrected chi connectivity index (χ2v) is 6.09. The highest BCUT2D eigenvalue weighted by molar-refractivity contribution is 5.84. The molecule has 0 unspecified atom stereocenters. The molecule has 0 spiro atoms. The van der Waals surface area contributed by atoms with Crippen LogP contribution in [-0.2, 0) is 0 Å². The van der Waals surface area contributed by atoms with Crippen molar-refractivity contribution in [2.24, 2.45) is 5.92 Å². The fraction of sp³-hybridized carbons (Fsp3) is 0.444. The van der Waals surface area contributed by atoms with Gasteiger partial charge in [0.05, 0.1) is 0 Å². The molecule has 0 bridgehead atoms. The van der Waals surface area contributed by atoms with Gasteiger partial charge in [0, 0.05) is 5.39 Å². The standard InChI is InChI=1S/C18H19F3/c1-2-11-3-5-12(6-4-11)13-7-8-15-14(9-13)10-16(19)18(21)17(15)20/h7-12H,2-6H2,1H3. The topological polar surface area (TPSA) is 0 Å². The smallest absolute Gasteiger partial charge is 0.195 e. The summed E-state index contributed by atoms with van der Waals surface area (Å²) in [4.78, 5) is 0. The lowest BCUT2D eigenvalue weighted by Crippen LogP contribution is -2.12. The minimum atomic E-state index is -1.39. The number of halogens is 3. The molecule has 0 nitrogen and oxygen atoms in total. The molecular weight excluding hydrogens is 273 g/mol. The number of fused-ring (bicyclic) bond motifs is 1. The summed E-state index contributed by atoms with van der Waals surface area (Å²) in [7, 11) is 0. The maximum Gasteiger partial charge on any atom is 0.195 e. The van der Waals surface area contributed by atoms with E-state index in [1.165, 1.54) is 19.3 Å². The first-order valence-electron chi connectivity index (χ1n) is 7.67. The van der Waals surface area contributed by atoms with Crippen molar-refractivity contribution in [2.75, 3.05) is 0 Å². The normalized spacial score (nSPS) is 22.7. The summed E-state index contributed by atoms with van der Waals surface area (Å²) >= 11 is 0. The third-order valence-corrected chi connectivity index (χ3v) is 4.89. The molecule has 0 saturated heterocycles. The fourth-order valence-corrected chi connectivity index (χ4v) is 3.48. The zero-order valence-electron chi connectivity index (χ0n) is 12.1. The van der Waals surface area contributed by atoms with E-state index in [0.29, 0.717) is 11.3 Å². The summed E-state index contributed by atoms with van der Waals surface area (Å²) in [5.41, 5.74) is 1.11. The van der Waals surface area contributed by atoms with E-state index in [4.69, 9.17) is 0 Å². The van der Waals surface area contributed by atoms with Gasteiger partial charge in [0.15, 0.2) is 17.5 Å². The van der Waals surface area contributed by atoms with Crippen LogP contribution in [0.25, 0.3) is 10.8 Å². The van der Waals surface area contributed by atoms with Crippen molar-refractivity contribution >= 4 is 10.8 Å². The van der Waals surface area contributed by atoms with Crippen molar-refractivity contribution in [1.29, 1.82) is 0 Å². The van der Waals surface area contributed by atoms with Crippen LogP contribution in [0.15, 0.2) is 24.3 Å². The van der Waals surface area contributed by atoms with E-state index in [1.807, 2.05) is 12.1 Å². The van der Waals surface area contributed by atoms with Crippen LogP contribution in [0.4, 0.5) is 13.2 Å². The summed E-state index contributed by atoms with van der Waals surface area (Å²) in [5, 5.41) is 0.599. The van der Waals surface area contributed by atoms with Crippen molar-refractivity contribution in [1.82, 2.24) is 0 Å². The molecule has 2 aromatic rings. The molecule has 112 valence electrons. The fourth-order valence-electron chi connectivity index (χ4n) is 3.48. The van der Waals surface area contributed by atoms with Crippen LogP contribution in [0.3, 0.4) is 0 Å². The number of hydrogen-bond donors (Lipinski definition) is 0. The van der Waals surface area contributed by atoms with Gasteiger partial charge in [0.25, 0.3) is 0 Å². The molecule has 0 heterocycles. The Kier molecular flexibility index (Phi) is 3.92. The maximum atomic E-state index is 13.7. The van der Waals surface area contributed by atoms with Gasteiger partial charge in [0.1, 0.15) is 0 Å². The largest absolute Gasteiger partial charge is 0.204 e. The Morgan fingerprint density at radius 2 is 1.67 bits per heavy atom. The van der Waals surface area contributed by atoms with Crippen LogP contribution in [0, 0.1) is 23.4 Å². The Balaban J connectivity index is 1.93. The van der Waals surface area contributed by atoms with Crippen molar-refractivity contribution in [3.05, 3.63) is 47.3 Å². The van der Waals surface area contributed by atoms with Gasteiger partial charge in [0.2, 0.25) is 0 Å². The minimum absolute atomic E-state index is 0.153. The number of benzene rings is 2. The molecule has 0 radical (unpaired) electrons. The Bertz CT molecular complexity index is 655. The molecule has 1 aliphatic carbocycles. The second-order valence-electron chi connectivity index (χ2n) is 6.09. The van der Waals surface area contributed by atoms with E-state index in [0.717, 1.165) is 30.4 Å². The summed E-state index contributed by atoms with van der Waals surface area (Å²) < 4.78 is 40.3. The van der Waals surface area contributed by atoms with Gasteiger partial charge in [-0.2, -0.15) is 0 Å². The van der Waals surface area contributed by atoms with Gasteiger partial charge in [-0.25, -0.2) is 13.2 Å². The summed E-state index contributed by atoms with van der Waals surface area (Å²) in [6.45, 7) is 2.22. The first-order valence-corrected chi connectivity index (χ1v) is 7.67. The molecule has 21 heavy (non-hydrogen) atoms. The average molecular weight is 292 g/mol. The van der Waals surface area contributed by atoms with Gasteiger partial charge in [-0.3, -0.25) is 0 Å². The second kappa shape index (κ2) is 5.70. The zero-order chi connectivity index (χ0) is 15.0. The van der Waals surface area contributed by atoms with Gasteiger partial charge in [-0.05, 0) is 54.5 Å². The lowest BCUT2D eigenvalue weighted by atomic mass is 9.77. The van der Waals surface area contributed by atoms with Crippen molar-refractivity contribution < 1.29 is 13.2 Å². The van der Waals surface area contributed by atoms with E-state index >= 15 is 0 Å². The predicted molar refractivity (Wildman–Crippen MR) is 78.8 cm³/mol. The predicted octanol–water partition coefficient (Wildman–Crippen LogP) is 5.94. The molecule has 1 saturated carbocycles.